The highest BCUT2D eigenvalue weighted by atomic mass is 36.1. The van der Waals surface area contributed by atoms with Gasteiger partial charge in [-0.2, -0.15) is 0 Å². The molecule has 0 saturated carbocycles. The van der Waals surface area contributed by atoms with Crippen LogP contribution in [0.2, 0.25) is 0 Å². The molecule has 0 aromatic rings. The van der Waals surface area contributed by atoms with E-state index in [1.807, 2.05) is 0 Å². The lowest BCUT2D eigenvalue weighted by Gasteiger charge is -1.70. The molecule has 0 unspecified atom stereocenters. The summed E-state index contributed by atoms with van der Waals surface area (Å²) in [6.45, 7) is 0. The van der Waals surface area contributed by atoms with Crippen molar-refractivity contribution < 1.29 is 4.20 Å². The molecule has 0 rings (SSSR count). The first kappa shape index (κ1) is 6.23. The Morgan fingerprint density at radius 3 is 1.20 bits per heavy atom. The molecule has 32 valence electrons. The molecule has 5 heteroatoms. The molecule has 0 nitrogen and oxygen atoms in total. The van der Waals surface area contributed by atoms with Gasteiger partial charge in [-0.3, -0.25) is 0 Å². The van der Waals surface area contributed by atoms with Crippen LogP contribution in [-0.4, -0.2) is 0 Å². The van der Waals surface area contributed by atoms with Crippen molar-refractivity contribution in [3.05, 3.63) is 0 Å². The molecule has 0 heterocycles. The fourth-order valence-electron chi connectivity index (χ4n) is 0. The van der Waals surface area contributed by atoms with Gasteiger partial charge in [0.2, 0.25) is 0 Å². The van der Waals surface area contributed by atoms with E-state index in [-0.39, 0.29) is 0 Å². The molecule has 0 saturated heterocycles. The molecule has 0 aromatic carbocycles. The third-order valence-corrected chi connectivity index (χ3v) is 0. The first-order chi connectivity index (χ1) is 2.00. The van der Waals surface area contributed by atoms with Gasteiger partial charge in [-0.05, 0) is 4.20 Å². The average molecular weight is 156 g/mol. The van der Waals surface area contributed by atoms with Gasteiger partial charge in [0.05, 0.1) is 0 Å². The zero-order valence-corrected chi connectivity index (χ0v) is 5.12. The molecule has 0 aromatic heterocycles. The van der Waals surface area contributed by atoms with Crippen molar-refractivity contribution in [2.75, 3.05) is 0 Å². The van der Waals surface area contributed by atoms with Gasteiger partial charge in [-0.25, -0.2) is 0 Å². The van der Waals surface area contributed by atoms with Crippen LogP contribution in [0.1, 0.15) is 0 Å². The van der Waals surface area contributed by atoms with Crippen molar-refractivity contribution in [1.29, 1.82) is 0 Å². The van der Waals surface area contributed by atoms with Crippen molar-refractivity contribution in [3.63, 3.8) is 0 Å². The molecule has 0 amide bonds. The minimum atomic E-state index is -3.47. The van der Waals surface area contributed by atoms with Crippen molar-refractivity contribution >= 4 is 39.4 Å². The first-order valence-corrected chi connectivity index (χ1v) is 5.07. The van der Waals surface area contributed by atoms with Crippen LogP contribution in [0.5, 0.6) is 0 Å². The van der Waals surface area contributed by atoms with Crippen LogP contribution in [0.15, 0.2) is 0 Å². The first-order valence-electron chi connectivity index (χ1n) is 0.676. The molecule has 0 bridgehead atoms. The zero-order valence-electron chi connectivity index (χ0n) is 1.96. The Kier molecular flexibility index (Phi) is 2.23. The molecule has 0 fully saturated rings. The van der Waals surface area contributed by atoms with E-state index in [1.54, 1.807) is 0 Å². The fraction of sp³-hybridized carbons (Fsp3) is 0. The van der Waals surface area contributed by atoms with E-state index >= 15 is 0 Å². The van der Waals surface area contributed by atoms with Gasteiger partial charge in [-0.1, -0.05) is 0 Å². The molecule has 0 radical (unpaired) electrons. The second-order valence-corrected chi connectivity index (χ2v) is 6.90. The summed E-state index contributed by atoms with van der Waals surface area (Å²) in [5.74, 6) is 0. The Morgan fingerprint density at radius 2 is 1.20 bits per heavy atom. The summed E-state index contributed by atoms with van der Waals surface area (Å²) < 4.78 is 11.1. The maximum absolute atomic E-state index is 11.1. The van der Waals surface area contributed by atoms with Crippen molar-refractivity contribution in [1.82, 2.24) is 0 Å². The number of rotatable bonds is 0. The summed E-state index contributed by atoms with van der Waals surface area (Å²) in [7, 11) is 0. The fourth-order valence-corrected chi connectivity index (χ4v) is 0. The predicted octanol–water partition coefficient (Wildman–Crippen LogP) is 3.35. The maximum atomic E-state index is 11.1. The van der Waals surface area contributed by atoms with Gasteiger partial charge in [0.25, 0.3) is 0 Å². The molecular formula is Cl3FP+. The lowest BCUT2D eigenvalue weighted by Crippen LogP contribution is -1.26. The average Bonchev–Trinajstić information content (AvgIpc) is 0.722. The summed E-state index contributed by atoms with van der Waals surface area (Å²) in [4.78, 5) is 0. The lowest BCUT2D eigenvalue weighted by molar-refractivity contribution is 0.923. The van der Waals surface area contributed by atoms with Crippen molar-refractivity contribution in [2.24, 2.45) is 0 Å². The highest BCUT2D eigenvalue weighted by Crippen LogP contribution is 2.75. The monoisotopic (exact) mass is 155 g/mol. The minimum absolute atomic E-state index is 3.47. The molecule has 0 aliphatic carbocycles. The Hall–Kier alpha value is 1.23. The molecule has 0 spiro atoms. The van der Waals surface area contributed by atoms with Crippen LogP contribution in [0.3, 0.4) is 0 Å². The van der Waals surface area contributed by atoms with Crippen LogP contribution < -0.4 is 0 Å². The summed E-state index contributed by atoms with van der Waals surface area (Å²) in [5, 5.41) is 0. The third-order valence-electron chi connectivity index (χ3n) is 0. The Morgan fingerprint density at radius 1 is 1.20 bits per heavy atom. The van der Waals surface area contributed by atoms with E-state index in [4.69, 9.17) is 0 Å². The van der Waals surface area contributed by atoms with Gasteiger partial charge in [0.15, 0.2) is 33.7 Å². The van der Waals surface area contributed by atoms with Gasteiger partial charge in [0.1, 0.15) is 0 Å². The SMILES string of the molecule is F[P+](Cl)(Cl)Cl. The van der Waals surface area contributed by atoms with Gasteiger partial charge in [-0.15, -0.1) is 0 Å². The second kappa shape index (κ2) is 1.79. The summed E-state index contributed by atoms with van der Waals surface area (Å²) in [6, 6.07) is 0. The highest BCUT2D eigenvalue weighted by molar-refractivity contribution is 8.29. The van der Waals surface area contributed by atoms with Gasteiger partial charge >= 0.3 is 5.63 Å². The van der Waals surface area contributed by atoms with E-state index in [2.05, 4.69) is 33.7 Å². The molecule has 0 N–H and O–H groups in total. The van der Waals surface area contributed by atoms with E-state index < -0.39 is 5.63 Å². The van der Waals surface area contributed by atoms with E-state index in [0.717, 1.165) is 0 Å². The highest BCUT2D eigenvalue weighted by Gasteiger charge is 2.32. The number of halogens is 4. The summed E-state index contributed by atoms with van der Waals surface area (Å²) >= 11 is 13.5. The van der Waals surface area contributed by atoms with Gasteiger partial charge in [0, 0.05) is 0 Å². The third kappa shape index (κ3) is 36.1. The van der Waals surface area contributed by atoms with E-state index in [1.165, 1.54) is 0 Å². The summed E-state index contributed by atoms with van der Waals surface area (Å²) in [5.41, 5.74) is -3.47. The molecule has 0 aliphatic heterocycles. The van der Waals surface area contributed by atoms with Crippen LogP contribution in [0.4, 0.5) is 4.20 Å². The Bertz CT molecular complexity index is 22.4. The lowest BCUT2D eigenvalue weighted by atomic mass is 18.9. The van der Waals surface area contributed by atoms with Crippen molar-refractivity contribution in [2.45, 2.75) is 0 Å². The smallest absolute Gasteiger partial charge is 0.00250 e. The molecule has 0 atom stereocenters. The quantitative estimate of drug-likeness (QED) is 0.472. The predicted molar refractivity (Wildman–Crippen MR) is 25.6 cm³/mol. The zero-order chi connectivity index (χ0) is 4.50. The second-order valence-electron chi connectivity index (χ2n) is 0.383. The Labute approximate surface area is 44.0 Å². The topological polar surface area (TPSA) is 0 Å². The Balaban J connectivity index is 3.02. The van der Waals surface area contributed by atoms with Crippen LogP contribution >= 0.6 is 39.4 Å². The minimum Gasteiger partial charge on any atom is -0.00250 e. The van der Waals surface area contributed by atoms with E-state index in [0.29, 0.717) is 0 Å². The molecule has 5 heavy (non-hydrogen) atoms. The number of hydrogen-bond donors (Lipinski definition) is 0. The molecular weight excluding hydrogens is 156 g/mol. The van der Waals surface area contributed by atoms with Crippen LogP contribution in [0.25, 0.3) is 0 Å². The number of hydrogen-bond acceptors (Lipinski definition) is 0. The largest absolute Gasteiger partial charge is 0.492 e. The normalized spacial score (nSPS) is 12.0. The van der Waals surface area contributed by atoms with Crippen molar-refractivity contribution in [3.8, 4) is 0 Å². The van der Waals surface area contributed by atoms with Gasteiger partial charge < -0.3 is 0 Å². The maximum Gasteiger partial charge on any atom is 0.492 e. The van der Waals surface area contributed by atoms with Crippen LogP contribution in [0, 0.1) is 0 Å². The van der Waals surface area contributed by atoms with Crippen LogP contribution in [-0.2, 0) is 0 Å². The standard InChI is InChI=1S/Cl3FP/c1-5(2,3)4/q+1. The molecule has 0 aliphatic rings. The van der Waals surface area contributed by atoms with E-state index in [9.17, 15) is 4.20 Å². The summed E-state index contributed by atoms with van der Waals surface area (Å²) in [6.07, 6.45) is 0.